The zero-order chi connectivity index (χ0) is 13.9. The number of benzene rings is 2. The summed E-state index contributed by atoms with van der Waals surface area (Å²) in [6, 6.07) is 14.5. The van der Waals surface area contributed by atoms with E-state index >= 15 is 0 Å². The first-order valence-electron chi connectivity index (χ1n) is 6.97. The van der Waals surface area contributed by atoms with Gasteiger partial charge in [0.15, 0.2) is 0 Å². The van der Waals surface area contributed by atoms with Gasteiger partial charge in [0.05, 0.1) is 0 Å². The molecule has 0 radical (unpaired) electrons. The largest absolute Gasteiger partial charge is 0.457 e. The first-order chi connectivity index (χ1) is 9.72. The van der Waals surface area contributed by atoms with Gasteiger partial charge in [-0.2, -0.15) is 0 Å². The molecule has 1 aliphatic rings. The molecule has 0 bridgehead atoms. The molecule has 3 rings (SSSR count). The van der Waals surface area contributed by atoms with Gasteiger partial charge in [-0.25, -0.2) is 0 Å². The van der Waals surface area contributed by atoms with Gasteiger partial charge in [0, 0.05) is 23.2 Å². The van der Waals surface area contributed by atoms with Crippen LogP contribution in [0.2, 0.25) is 5.02 Å². The molecule has 2 aromatic carbocycles. The van der Waals surface area contributed by atoms with Crippen molar-refractivity contribution in [3.63, 3.8) is 0 Å². The standard InChI is InChI=1S/C17H18ClNO/c1-12-4-2-3-5-16(12)20-17-10-14(18)7-6-13(17)11-19-15-8-9-15/h2-7,10,15,19H,8-9,11H2,1H3. The summed E-state index contributed by atoms with van der Waals surface area (Å²) < 4.78 is 6.05. The predicted molar refractivity (Wildman–Crippen MR) is 82.6 cm³/mol. The van der Waals surface area contributed by atoms with Crippen LogP contribution in [0.15, 0.2) is 42.5 Å². The molecule has 1 N–H and O–H groups in total. The molecule has 0 spiro atoms. The molecule has 0 saturated heterocycles. The normalized spacial score (nSPS) is 14.3. The van der Waals surface area contributed by atoms with Crippen LogP contribution in [-0.4, -0.2) is 6.04 Å². The lowest BCUT2D eigenvalue weighted by Crippen LogP contribution is -2.15. The zero-order valence-electron chi connectivity index (χ0n) is 11.5. The molecule has 1 aliphatic carbocycles. The lowest BCUT2D eigenvalue weighted by atomic mass is 10.2. The first kappa shape index (κ1) is 13.5. The molecule has 0 aromatic heterocycles. The van der Waals surface area contributed by atoms with E-state index in [1.54, 1.807) is 0 Å². The number of rotatable bonds is 5. The molecule has 2 aromatic rings. The maximum Gasteiger partial charge on any atom is 0.133 e. The van der Waals surface area contributed by atoms with E-state index < -0.39 is 0 Å². The summed E-state index contributed by atoms with van der Waals surface area (Å²) >= 11 is 6.10. The van der Waals surface area contributed by atoms with Crippen molar-refractivity contribution in [3.05, 3.63) is 58.6 Å². The Morgan fingerprint density at radius 3 is 2.70 bits per heavy atom. The highest BCUT2D eigenvalue weighted by atomic mass is 35.5. The quantitative estimate of drug-likeness (QED) is 0.861. The summed E-state index contributed by atoms with van der Waals surface area (Å²) in [6.07, 6.45) is 2.56. The van der Waals surface area contributed by atoms with Gasteiger partial charge in [-0.05, 0) is 43.5 Å². The van der Waals surface area contributed by atoms with Crippen LogP contribution in [0.5, 0.6) is 11.5 Å². The van der Waals surface area contributed by atoms with Crippen LogP contribution in [-0.2, 0) is 6.54 Å². The highest BCUT2D eigenvalue weighted by Gasteiger charge is 2.20. The number of hydrogen-bond acceptors (Lipinski definition) is 2. The predicted octanol–water partition coefficient (Wildman–Crippen LogP) is 4.69. The molecule has 0 amide bonds. The zero-order valence-corrected chi connectivity index (χ0v) is 12.3. The maximum absolute atomic E-state index is 6.10. The number of aryl methyl sites for hydroxylation is 1. The second-order valence-electron chi connectivity index (χ2n) is 5.27. The Morgan fingerprint density at radius 1 is 1.15 bits per heavy atom. The van der Waals surface area contributed by atoms with Crippen molar-refractivity contribution in [1.82, 2.24) is 5.32 Å². The summed E-state index contributed by atoms with van der Waals surface area (Å²) in [7, 11) is 0. The Hall–Kier alpha value is -1.51. The molecular formula is C17H18ClNO. The summed E-state index contributed by atoms with van der Waals surface area (Å²) in [5.41, 5.74) is 2.26. The van der Waals surface area contributed by atoms with Crippen molar-refractivity contribution in [2.75, 3.05) is 0 Å². The van der Waals surface area contributed by atoms with E-state index in [9.17, 15) is 0 Å². The van der Waals surface area contributed by atoms with E-state index in [2.05, 4.69) is 5.32 Å². The molecule has 3 heteroatoms. The highest BCUT2D eigenvalue weighted by Crippen LogP contribution is 2.31. The van der Waals surface area contributed by atoms with E-state index in [1.165, 1.54) is 12.8 Å². The van der Waals surface area contributed by atoms with Crippen LogP contribution in [0.25, 0.3) is 0 Å². The van der Waals surface area contributed by atoms with Gasteiger partial charge < -0.3 is 10.1 Å². The fourth-order valence-corrected chi connectivity index (χ4v) is 2.26. The molecular weight excluding hydrogens is 270 g/mol. The van der Waals surface area contributed by atoms with Crippen molar-refractivity contribution < 1.29 is 4.74 Å². The molecule has 1 fully saturated rings. The number of nitrogens with one attached hydrogen (secondary N) is 1. The van der Waals surface area contributed by atoms with Gasteiger partial charge in [-0.1, -0.05) is 35.9 Å². The van der Waals surface area contributed by atoms with E-state index in [0.29, 0.717) is 11.1 Å². The third kappa shape index (κ3) is 3.33. The smallest absolute Gasteiger partial charge is 0.133 e. The van der Waals surface area contributed by atoms with Crippen molar-refractivity contribution in [2.24, 2.45) is 0 Å². The van der Waals surface area contributed by atoms with Crippen molar-refractivity contribution >= 4 is 11.6 Å². The maximum atomic E-state index is 6.10. The second-order valence-corrected chi connectivity index (χ2v) is 5.71. The minimum atomic E-state index is 0.678. The fraction of sp³-hybridized carbons (Fsp3) is 0.294. The lowest BCUT2D eigenvalue weighted by molar-refractivity contribution is 0.469. The summed E-state index contributed by atoms with van der Waals surface area (Å²) in [6.45, 7) is 2.87. The molecule has 20 heavy (non-hydrogen) atoms. The minimum absolute atomic E-state index is 0.678. The number of ether oxygens (including phenoxy) is 1. The summed E-state index contributed by atoms with van der Waals surface area (Å²) in [5, 5.41) is 4.21. The minimum Gasteiger partial charge on any atom is -0.457 e. The van der Waals surface area contributed by atoms with E-state index in [1.807, 2.05) is 49.4 Å². The van der Waals surface area contributed by atoms with Crippen LogP contribution >= 0.6 is 11.6 Å². The third-order valence-electron chi connectivity index (χ3n) is 3.50. The Bertz CT molecular complexity index is 608. The highest BCUT2D eigenvalue weighted by molar-refractivity contribution is 6.30. The van der Waals surface area contributed by atoms with Gasteiger partial charge >= 0.3 is 0 Å². The van der Waals surface area contributed by atoms with Gasteiger partial charge in [0.25, 0.3) is 0 Å². The summed E-state index contributed by atoms with van der Waals surface area (Å²) in [5.74, 6) is 1.71. The van der Waals surface area contributed by atoms with Crippen LogP contribution in [0.1, 0.15) is 24.0 Å². The lowest BCUT2D eigenvalue weighted by Gasteiger charge is -2.13. The molecule has 104 valence electrons. The van der Waals surface area contributed by atoms with Crippen LogP contribution in [0.4, 0.5) is 0 Å². The van der Waals surface area contributed by atoms with Gasteiger partial charge in [-0.15, -0.1) is 0 Å². The van der Waals surface area contributed by atoms with Gasteiger partial charge in [-0.3, -0.25) is 0 Å². The first-order valence-corrected chi connectivity index (χ1v) is 7.35. The molecule has 1 saturated carbocycles. The van der Waals surface area contributed by atoms with Gasteiger partial charge in [0.1, 0.15) is 11.5 Å². The fourth-order valence-electron chi connectivity index (χ4n) is 2.10. The van der Waals surface area contributed by atoms with Crippen LogP contribution in [0.3, 0.4) is 0 Å². The average Bonchev–Trinajstić information content (AvgIpc) is 3.25. The summed E-state index contributed by atoms with van der Waals surface area (Å²) in [4.78, 5) is 0. The molecule has 0 aliphatic heterocycles. The number of hydrogen-bond donors (Lipinski definition) is 1. The van der Waals surface area contributed by atoms with E-state index in [4.69, 9.17) is 16.3 Å². The average molecular weight is 288 g/mol. The Balaban J connectivity index is 1.82. The topological polar surface area (TPSA) is 21.3 Å². The second kappa shape index (κ2) is 5.86. The molecule has 2 nitrogen and oxygen atoms in total. The van der Waals surface area contributed by atoms with Crippen LogP contribution in [0, 0.1) is 6.92 Å². The van der Waals surface area contributed by atoms with E-state index in [-0.39, 0.29) is 0 Å². The van der Waals surface area contributed by atoms with Crippen molar-refractivity contribution in [3.8, 4) is 11.5 Å². The Morgan fingerprint density at radius 2 is 1.95 bits per heavy atom. The van der Waals surface area contributed by atoms with Crippen LogP contribution < -0.4 is 10.1 Å². The SMILES string of the molecule is Cc1ccccc1Oc1cc(Cl)ccc1CNC1CC1. The third-order valence-corrected chi connectivity index (χ3v) is 3.74. The molecule has 0 heterocycles. The number of para-hydroxylation sites is 1. The molecule has 0 unspecified atom stereocenters. The molecule has 0 atom stereocenters. The monoisotopic (exact) mass is 287 g/mol. The van der Waals surface area contributed by atoms with Crippen molar-refractivity contribution in [2.45, 2.75) is 32.4 Å². The Kier molecular flexibility index (Phi) is 3.95. The van der Waals surface area contributed by atoms with Crippen molar-refractivity contribution in [1.29, 1.82) is 0 Å². The number of halogens is 1. The van der Waals surface area contributed by atoms with Gasteiger partial charge in [0.2, 0.25) is 0 Å². The van der Waals surface area contributed by atoms with E-state index in [0.717, 1.165) is 29.2 Å². The Labute approximate surface area is 124 Å².